The molecule has 0 saturated heterocycles. The van der Waals surface area contributed by atoms with Crippen LogP contribution in [0, 0.1) is 0 Å². The third kappa shape index (κ3) is 6.46. The van der Waals surface area contributed by atoms with Gasteiger partial charge in [0, 0.05) is 6.54 Å². The van der Waals surface area contributed by atoms with E-state index in [0.29, 0.717) is 39.7 Å². The quantitative estimate of drug-likeness (QED) is 0.450. The van der Waals surface area contributed by atoms with Crippen molar-refractivity contribution in [1.29, 1.82) is 0 Å². The lowest BCUT2D eigenvalue weighted by Crippen LogP contribution is -2.26. The van der Waals surface area contributed by atoms with Crippen molar-refractivity contribution in [2.45, 2.75) is 31.6 Å². The van der Waals surface area contributed by atoms with Gasteiger partial charge in [-0.25, -0.2) is 0 Å². The first-order chi connectivity index (χ1) is 15.0. The molecule has 0 aliphatic heterocycles. The van der Waals surface area contributed by atoms with E-state index in [1.54, 1.807) is 18.2 Å². The van der Waals surface area contributed by atoms with Gasteiger partial charge in [-0.2, -0.15) is 0 Å². The number of benzene rings is 2. The normalized spacial score (nSPS) is 10.7. The minimum Gasteiger partial charge on any atom is -0.349 e. The Morgan fingerprint density at radius 3 is 2.55 bits per heavy atom. The second-order valence-electron chi connectivity index (χ2n) is 6.52. The Bertz CT molecular complexity index is 1060. The first kappa shape index (κ1) is 23.1. The van der Waals surface area contributed by atoms with Gasteiger partial charge in [-0.15, -0.1) is 10.2 Å². The Labute approximate surface area is 194 Å². The van der Waals surface area contributed by atoms with Crippen LogP contribution in [-0.4, -0.2) is 32.3 Å². The maximum Gasteiger partial charge on any atom is 0.234 e. The molecule has 0 aliphatic rings. The van der Waals surface area contributed by atoms with Crippen LogP contribution < -0.4 is 10.6 Å². The van der Waals surface area contributed by atoms with Crippen LogP contribution >= 0.6 is 35.0 Å². The van der Waals surface area contributed by atoms with E-state index in [-0.39, 0.29) is 24.1 Å². The van der Waals surface area contributed by atoms with Crippen LogP contribution in [0.5, 0.6) is 0 Å². The van der Waals surface area contributed by atoms with Crippen LogP contribution in [-0.2, 0) is 29.1 Å². The molecule has 3 rings (SSSR count). The molecule has 0 fully saturated rings. The monoisotopic (exact) mass is 477 g/mol. The molecule has 0 radical (unpaired) electrons. The van der Waals surface area contributed by atoms with Crippen LogP contribution in [0.3, 0.4) is 0 Å². The Morgan fingerprint density at radius 2 is 1.81 bits per heavy atom. The average Bonchev–Trinajstić information content (AvgIpc) is 3.16. The molecule has 1 aromatic heterocycles. The molecule has 0 saturated carbocycles. The fourth-order valence-electron chi connectivity index (χ4n) is 2.81. The average molecular weight is 478 g/mol. The third-order valence-corrected chi connectivity index (χ3v) is 6.10. The lowest BCUT2D eigenvalue weighted by molar-refractivity contribution is -0.120. The van der Waals surface area contributed by atoms with Crippen LogP contribution in [0.25, 0.3) is 0 Å². The Kier molecular flexibility index (Phi) is 8.34. The summed E-state index contributed by atoms with van der Waals surface area (Å²) in [6, 6.07) is 14.6. The van der Waals surface area contributed by atoms with Crippen LogP contribution in [0.4, 0.5) is 5.69 Å². The first-order valence-electron chi connectivity index (χ1n) is 9.57. The van der Waals surface area contributed by atoms with E-state index in [4.69, 9.17) is 23.2 Å². The van der Waals surface area contributed by atoms with Gasteiger partial charge in [0.15, 0.2) is 11.0 Å². The van der Waals surface area contributed by atoms with Gasteiger partial charge in [0.1, 0.15) is 0 Å². The smallest absolute Gasteiger partial charge is 0.234 e. The molecule has 2 N–H and O–H groups in total. The number of halogens is 2. The van der Waals surface area contributed by atoms with E-state index in [9.17, 15) is 9.59 Å². The predicted molar refractivity (Wildman–Crippen MR) is 124 cm³/mol. The first-order valence-corrected chi connectivity index (χ1v) is 11.3. The van der Waals surface area contributed by atoms with Crippen LogP contribution in [0.2, 0.25) is 10.0 Å². The van der Waals surface area contributed by atoms with Gasteiger partial charge in [-0.05, 0) is 24.6 Å². The third-order valence-electron chi connectivity index (χ3n) is 4.32. The number of hydrogen-bond acceptors (Lipinski definition) is 5. The van der Waals surface area contributed by atoms with Crippen molar-refractivity contribution in [3.05, 3.63) is 70.0 Å². The molecule has 0 bridgehead atoms. The lowest BCUT2D eigenvalue weighted by atomic mass is 10.1. The van der Waals surface area contributed by atoms with Gasteiger partial charge in [0.2, 0.25) is 11.8 Å². The molecule has 3 aromatic rings. The van der Waals surface area contributed by atoms with Crippen molar-refractivity contribution in [2.75, 3.05) is 11.1 Å². The SMILES string of the molecule is CCn1c(CNC(=O)Cc2ccccc2)nnc1SCC(=O)Nc1cccc(Cl)c1Cl. The molecule has 7 nitrogen and oxygen atoms in total. The van der Waals surface area contributed by atoms with E-state index in [1.165, 1.54) is 11.8 Å². The molecule has 2 amide bonds. The fraction of sp³-hybridized carbons (Fsp3) is 0.238. The molecule has 10 heteroatoms. The van der Waals surface area contributed by atoms with Crippen molar-refractivity contribution < 1.29 is 9.59 Å². The summed E-state index contributed by atoms with van der Waals surface area (Å²) in [6.07, 6.45) is 0.301. The van der Waals surface area contributed by atoms with E-state index in [1.807, 2.05) is 41.8 Å². The molecule has 31 heavy (non-hydrogen) atoms. The Balaban J connectivity index is 1.54. The number of hydrogen-bond donors (Lipinski definition) is 2. The van der Waals surface area contributed by atoms with Crippen LogP contribution in [0.15, 0.2) is 53.7 Å². The number of nitrogens with one attached hydrogen (secondary N) is 2. The number of aromatic nitrogens is 3. The van der Waals surface area contributed by atoms with Crippen molar-refractivity contribution in [3.63, 3.8) is 0 Å². The number of anilines is 1. The standard InChI is InChI=1S/C21H21Cl2N5O2S/c1-2-28-17(12-24-18(29)11-14-7-4-3-5-8-14)26-27-21(28)31-13-19(30)25-16-10-6-9-15(22)20(16)23/h3-10H,2,11-13H2,1H3,(H,24,29)(H,25,30). The molecule has 162 valence electrons. The zero-order valence-corrected chi connectivity index (χ0v) is 19.1. The zero-order chi connectivity index (χ0) is 22.2. The number of amides is 2. The van der Waals surface area contributed by atoms with Gasteiger partial charge in [0.25, 0.3) is 0 Å². The summed E-state index contributed by atoms with van der Waals surface area (Å²) in [4.78, 5) is 24.5. The fourth-order valence-corrected chi connectivity index (χ4v) is 3.98. The number of nitrogens with zero attached hydrogens (tertiary/aromatic N) is 3. The van der Waals surface area contributed by atoms with E-state index < -0.39 is 0 Å². The molecule has 1 heterocycles. The van der Waals surface area contributed by atoms with Gasteiger partial charge in [0.05, 0.1) is 34.5 Å². The molecular weight excluding hydrogens is 457 g/mol. The summed E-state index contributed by atoms with van der Waals surface area (Å²) in [5.74, 6) is 0.424. The molecule has 0 unspecified atom stereocenters. The molecular formula is C21H21Cl2N5O2S. The minimum atomic E-state index is -0.238. The highest BCUT2D eigenvalue weighted by Crippen LogP contribution is 2.29. The number of rotatable bonds is 9. The van der Waals surface area contributed by atoms with Crippen molar-refractivity contribution in [1.82, 2.24) is 20.1 Å². The summed E-state index contributed by atoms with van der Waals surface area (Å²) in [7, 11) is 0. The number of carbonyl (C=O) groups is 2. The highest BCUT2D eigenvalue weighted by atomic mass is 35.5. The predicted octanol–water partition coefficient (Wildman–Crippen LogP) is 4.19. The maximum atomic E-state index is 12.3. The van der Waals surface area contributed by atoms with Crippen molar-refractivity contribution in [3.8, 4) is 0 Å². The zero-order valence-electron chi connectivity index (χ0n) is 16.8. The second-order valence-corrected chi connectivity index (χ2v) is 8.25. The Hall–Kier alpha value is -2.55. The summed E-state index contributed by atoms with van der Waals surface area (Å²) >= 11 is 13.3. The summed E-state index contributed by atoms with van der Waals surface area (Å²) in [6.45, 7) is 2.83. The summed E-state index contributed by atoms with van der Waals surface area (Å²) < 4.78 is 1.87. The van der Waals surface area contributed by atoms with Crippen molar-refractivity contribution >= 4 is 52.5 Å². The molecule has 0 aliphatic carbocycles. The highest BCUT2D eigenvalue weighted by Gasteiger charge is 2.15. The van der Waals surface area contributed by atoms with E-state index in [0.717, 1.165) is 5.56 Å². The van der Waals surface area contributed by atoms with E-state index >= 15 is 0 Å². The van der Waals surface area contributed by atoms with Crippen LogP contribution in [0.1, 0.15) is 18.3 Å². The second kappa shape index (κ2) is 11.2. The molecule has 0 atom stereocenters. The number of thioether (sulfide) groups is 1. The molecule has 2 aromatic carbocycles. The van der Waals surface area contributed by atoms with Gasteiger partial charge in [-0.3, -0.25) is 9.59 Å². The maximum absolute atomic E-state index is 12.3. The number of carbonyl (C=O) groups excluding carboxylic acids is 2. The summed E-state index contributed by atoms with van der Waals surface area (Å²) in [5.41, 5.74) is 1.40. The van der Waals surface area contributed by atoms with Gasteiger partial charge >= 0.3 is 0 Å². The minimum absolute atomic E-state index is 0.0937. The molecule has 0 spiro atoms. The van der Waals surface area contributed by atoms with Gasteiger partial charge < -0.3 is 15.2 Å². The van der Waals surface area contributed by atoms with E-state index in [2.05, 4.69) is 20.8 Å². The largest absolute Gasteiger partial charge is 0.349 e. The van der Waals surface area contributed by atoms with Crippen molar-refractivity contribution in [2.24, 2.45) is 0 Å². The Morgan fingerprint density at radius 1 is 1.03 bits per heavy atom. The summed E-state index contributed by atoms with van der Waals surface area (Å²) in [5, 5.41) is 15.2. The highest BCUT2D eigenvalue weighted by molar-refractivity contribution is 7.99. The lowest BCUT2D eigenvalue weighted by Gasteiger charge is -2.10. The van der Waals surface area contributed by atoms with Gasteiger partial charge in [-0.1, -0.05) is 71.4 Å². The topological polar surface area (TPSA) is 88.9 Å².